The van der Waals surface area contributed by atoms with E-state index in [1.54, 1.807) is 0 Å². The summed E-state index contributed by atoms with van der Waals surface area (Å²) in [6.45, 7) is 8.08. The van der Waals surface area contributed by atoms with Crippen LogP contribution in [-0.4, -0.2) is 36.1 Å². The first-order chi connectivity index (χ1) is 8.27. The van der Waals surface area contributed by atoms with Crippen molar-refractivity contribution in [2.75, 3.05) is 26.2 Å². The van der Waals surface area contributed by atoms with E-state index in [4.69, 9.17) is 0 Å². The van der Waals surface area contributed by atoms with Gasteiger partial charge in [0.15, 0.2) is 0 Å². The van der Waals surface area contributed by atoms with Gasteiger partial charge in [-0.25, -0.2) is 0 Å². The average molecular weight is 231 g/mol. The molecular weight excluding hydrogens is 210 g/mol. The number of nitrogens with zero attached hydrogens (tertiary/aromatic N) is 2. The Morgan fingerprint density at radius 3 is 3.18 bits per heavy atom. The molecule has 1 spiro atoms. The summed E-state index contributed by atoms with van der Waals surface area (Å²) < 4.78 is 0. The predicted molar refractivity (Wildman–Crippen MR) is 68.8 cm³/mol. The largest absolute Gasteiger partial charge is 0.316 e. The van der Waals surface area contributed by atoms with Gasteiger partial charge < -0.3 is 5.32 Å². The van der Waals surface area contributed by atoms with Gasteiger partial charge >= 0.3 is 0 Å². The van der Waals surface area contributed by atoms with E-state index in [2.05, 4.69) is 28.2 Å². The first-order valence-corrected chi connectivity index (χ1v) is 6.61. The van der Waals surface area contributed by atoms with Gasteiger partial charge in [0, 0.05) is 25.8 Å². The van der Waals surface area contributed by atoms with Crippen molar-refractivity contribution in [3.63, 3.8) is 0 Å². The molecule has 0 saturated carbocycles. The Kier molecular flexibility index (Phi) is 2.89. The van der Waals surface area contributed by atoms with E-state index in [-0.39, 0.29) is 0 Å². The van der Waals surface area contributed by atoms with Crippen LogP contribution in [0.25, 0.3) is 0 Å². The topological polar surface area (TPSA) is 28.2 Å². The summed E-state index contributed by atoms with van der Waals surface area (Å²) in [7, 11) is 0. The van der Waals surface area contributed by atoms with Crippen molar-refractivity contribution in [1.82, 2.24) is 15.2 Å². The smallest absolute Gasteiger partial charge is 0.0573 e. The van der Waals surface area contributed by atoms with Gasteiger partial charge in [-0.2, -0.15) is 0 Å². The molecule has 0 radical (unpaired) electrons. The second-order valence-electron chi connectivity index (χ2n) is 5.65. The van der Waals surface area contributed by atoms with Crippen molar-refractivity contribution >= 4 is 0 Å². The number of likely N-dealkylation sites (tertiary alicyclic amines) is 1. The molecule has 3 nitrogen and oxygen atoms in total. The van der Waals surface area contributed by atoms with Crippen LogP contribution in [0.5, 0.6) is 0 Å². The van der Waals surface area contributed by atoms with Gasteiger partial charge in [0.1, 0.15) is 0 Å². The maximum absolute atomic E-state index is 4.50. The Bertz CT molecular complexity index is 396. The van der Waals surface area contributed by atoms with Crippen molar-refractivity contribution in [1.29, 1.82) is 0 Å². The molecule has 2 aliphatic rings. The van der Waals surface area contributed by atoms with Crippen LogP contribution in [0.3, 0.4) is 0 Å². The third-order valence-corrected chi connectivity index (χ3v) is 4.34. The highest BCUT2D eigenvalue weighted by molar-refractivity contribution is 5.17. The zero-order valence-corrected chi connectivity index (χ0v) is 10.6. The van der Waals surface area contributed by atoms with Gasteiger partial charge in [-0.1, -0.05) is 6.07 Å². The van der Waals surface area contributed by atoms with Crippen LogP contribution in [0, 0.1) is 12.3 Å². The average Bonchev–Trinajstić information content (AvgIpc) is 2.94. The monoisotopic (exact) mass is 231 g/mol. The summed E-state index contributed by atoms with van der Waals surface area (Å²) >= 11 is 0. The fourth-order valence-electron chi connectivity index (χ4n) is 3.20. The minimum Gasteiger partial charge on any atom is -0.316 e. The van der Waals surface area contributed by atoms with Gasteiger partial charge in [0.25, 0.3) is 0 Å². The van der Waals surface area contributed by atoms with Crippen molar-refractivity contribution < 1.29 is 0 Å². The van der Waals surface area contributed by atoms with Crippen LogP contribution in [0.1, 0.15) is 24.1 Å². The summed E-state index contributed by atoms with van der Waals surface area (Å²) in [5, 5.41) is 3.51. The van der Waals surface area contributed by atoms with Crippen LogP contribution in [0.15, 0.2) is 18.3 Å². The van der Waals surface area contributed by atoms with Crippen LogP contribution >= 0.6 is 0 Å². The molecule has 0 aromatic carbocycles. The molecule has 1 atom stereocenters. The molecule has 17 heavy (non-hydrogen) atoms. The Morgan fingerprint density at radius 2 is 2.41 bits per heavy atom. The van der Waals surface area contributed by atoms with Gasteiger partial charge in [-0.05, 0) is 49.9 Å². The van der Waals surface area contributed by atoms with E-state index in [1.807, 2.05) is 12.3 Å². The van der Waals surface area contributed by atoms with Gasteiger partial charge in [-0.3, -0.25) is 9.88 Å². The van der Waals surface area contributed by atoms with Crippen LogP contribution in [0.4, 0.5) is 0 Å². The summed E-state index contributed by atoms with van der Waals surface area (Å²) in [6, 6.07) is 4.18. The summed E-state index contributed by atoms with van der Waals surface area (Å²) in [6.07, 6.45) is 4.61. The Labute approximate surface area is 103 Å². The number of nitrogens with one attached hydrogen (secondary N) is 1. The van der Waals surface area contributed by atoms with E-state index in [0.717, 1.165) is 6.54 Å². The molecular formula is C14H21N3. The van der Waals surface area contributed by atoms with E-state index in [9.17, 15) is 0 Å². The Hall–Kier alpha value is -0.930. The normalized spacial score (nSPS) is 29.2. The van der Waals surface area contributed by atoms with Crippen molar-refractivity contribution in [3.05, 3.63) is 29.6 Å². The molecule has 1 N–H and O–H groups in total. The highest BCUT2D eigenvalue weighted by atomic mass is 15.2. The standard InChI is InChI=1S/C14H21N3/c1-12-3-2-6-16-13(12)9-17-8-5-14(11-17)4-7-15-10-14/h2-3,6,15H,4-5,7-11H2,1H3. The van der Waals surface area contributed by atoms with Crippen molar-refractivity contribution in [2.24, 2.45) is 5.41 Å². The number of rotatable bonds is 2. The summed E-state index contributed by atoms with van der Waals surface area (Å²) in [5.41, 5.74) is 3.14. The molecule has 3 heteroatoms. The van der Waals surface area contributed by atoms with Gasteiger partial charge in [-0.15, -0.1) is 0 Å². The molecule has 1 aromatic rings. The van der Waals surface area contributed by atoms with E-state index in [0.29, 0.717) is 5.41 Å². The van der Waals surface area contributed by atoms with Gasteiger partial charge in [0.2, 0.25) is 0 Å². The van der Waals surface area contributed by atoms with Crippen LogP contribution < -0.4 is 5.32 Å². The number of pyridine rings is 1. The first kappa shape index (κ1) is 11.2. The van der Waals surface area contributed by atoms with Crippen molar-refractivity contribution in [3.8, 4) is 0 Å². The molecule has 2 aliphatic heterocycles. The second kappa shape index (κ2) is 4.39. The molecule has 3 rings (SSSR count). The molecule has 1 aromatic heterocycles. The van der Waals surface area contributed by atoms with Gasteiger partial charge in [0.05, 0.1) is 5.69 Å². The molecule has 2 fully saturated rings. The lowest BCUT2D eigenvalue weighted by atomic mass is 9.87. The maximum Gasteiger partial charge on any atom is 0.0573 e. The maximum atomic E-state index is 4.50. The first-order valence-electron chi connectivity index (χ1n) is 6.61. The predicted octanol–water partition coefficient (Wildman–Crippen LogP) is 1.58. The van der Waals surface area contributed by atoms with Crippen molar-refractivity contribution in [2.45, 2.75) is 26.3 Å². The fraction of sp³-hybridized carbons (Fsp3) is 0.643. The molecule has 2 saturated heterocycles. The molecule has 92 valence electrons. The quantitative estimate of drug-likeness (QED) is 0.837. The molecule has 0 aliphatic carbocycles. The highest BCUT2D eigenvalue weighted by Crippen LogP contribution is 2.36. The summed E-state index contributed by atoms with van der Waals surface area (Å²) in [4.78, 5) is 7.07. The minimum atomic E-state index is 0.572. The van der Waals surface area contributed by atoms with E-state index >= 15 is 0 Å². The third kappa shape index (κ3) is 2.22. The highest BCUT2D eigenvalue weighted by Gasteiger charge is 2.40. The minimum absolute atomic E-state index is 0.572. The molecule has 0 amide bonds. The number of aromatic nitrogens is 1. The van der Waals surface area contributed by atoms with Crippen LogP contribution in [-0.2, 0) is 6.54 Å². The second-order valence-corrected chi connectivity index (χ2v) is 5.65. The lowest BCUT2D eigenvalue weighted by molar-refractivity contribution is 0.266. The zero-order valence-electron chi connectivity index (χ0n) is 10.6. The molecule has 0 bridgehead atoms. The third-order valence-electron chi connectivity index (χ3n) is 4.34. The SMILES string of the molecule is Cc1cccnc1CN1CCC2(CCNC2)C1. The number of hydrogen-bond donors (Lipinski definition) is 1. The Morgan fingerprint density at radius 1 is 1.47 bits per heavy atom. The lowest BCUT2D eigenvalue weighted by Crippen LogP contribution is -2.29. The number of aryl methyl sites for hydroxylation is 1. The zero-order chi connectivity index (χ0) is 11.7. The number of hydrogen-bond acceptors (Lipinski definition) is 3. The van der Waals surface area contributed by atoms with Crippen LogP contribution in [0.2, 0.25) is 0 Å². The molecule has 3 heterocycles. The van der Waals surface area contributed by atoms with E-state index < -0.39 is 0 Å². The summed E-state index contributed by atoms with van der Waals surface area (Å²) in [5.74, 6) is 0. The Balaban J connectivity index is 1.66. The molecule has 1 unspecified atom stereocenters. The lowest BCUT2D eigenvalue weighted by Gasteiger charge is -2.22. The fourth-order valence-corrected chi connectivity index (χ4v) is 3.20. The van der Waals surface area contributed by atoms with E-state index in [1.165, 1.54) is 50.3 Å².